The van der Waals surface area contributed by atoms with E-state index in [-0.39, 0.29) is 0 Å². The molecule has 1 unspecified atom stereocenters. The van der Waals surface area contributed by atoms with Crippen LogP contribution in [0.1, 0.15) is 13.3 Å². The number of thioether (sulfide) groups is 1. The Kier molecular flexibility index (Phi) is 8.00. The minimum Gasteiger partial charge on any atom is -0.179 e. The van der Waals surface area contributed by atoms with Crippen LogP contribution in [0.5, 0.6) is 0 Å². The first kappa shape index (κ1) is 10.0. The van der Waals surface area contributed by atoms with Crippen LogP contribution < -0.4 is 0 Å². The maximum atomic E-state index is 4.26. The summed E-state index contributed by atoms with van der Waals surface area (Å²) >= 11 is 10.3. The smallest absolute Gasteiger partial charge is 0.00791 e. The van der Waals surface area contributed by atoms with Gasteiger partial charge in [-0.2, -0.15) is 37.0 Å². The van der Waals surface area contributed by atoms with E-state index in [1.54, 1.807) is 0 Å². The van der Waals surface area contributed by atoms with Crippen LogP contribution in [-0.2, 0) is 0 Å². The van der Waals surface area contributed by atoms with Gasteiger partial charge >= 0.3 is 0 Å². The summed E-state index contributed by atoms with van der Waals surface area (Å²) in [5.74, 6) is 3.40. The normalized spacial score (nSPS) is 13.7. The van der Waals surface area contributed by atoms with Crippen molar-refractivity contribution >= 4 is 37.0 Å². The van der Waals surface area contributed by atoms with Gasteiger partial charge in [-0.25, -0.2) is 0 Å². The van der Waals surface area contributed by atoms with Crippen molar-refractivity contribution in [3.8, 4) is 0 Å². The minimum atomic E-state index is 0.537. The van der Waals surface area contributed by atoms with Crippen molar-refractivity contribution in [2.75, 3.05) is 17.3 Å². The van der Waals surface area contributed by atoms with Crippen molar-refractivity contribution in [3.05, 3.63) is 0 Å². The van der Waals surface area contributed by atoms with E-state index in [0.717, 1.165) is 11.5 Å². The van der Waals surface area contributed by atoms with E-state index in [1.807, 2.05) is 11.8 Å². The highest BCUT2D eigenvalue weighted by molar-refractivity contribution is 8.00. The van der Waals surface area contributed by atoms with Crippen LogP contribution in [0.25, 0.3) is 0 Å². The van der Waals surface area contributed by atoms with Crippen LogP contribution in [0.3, 0.4) is 0 Å². The van der Waals surface area contributed by atoms with E-state index in [0.29, 0.717) is 5.25 Å². The number of rotatable bonds is 5. The van der Waals surface area contributed by atoms with Crippen molar-refractivity contribution in [2.45, 2.75) is 18.6 Å². The highest BCUT2D eigenvalue weighted by Crippen LogP contribution is 2.08. The topological polar surface area (TPSA) is 0 Å². The van der Waals surface area contributed by atoms with Gasteiger partial charge < -0.3 is 0 Å². The summed E-state index contributed by atoms with van der Waals surface area (Å²) in [4.78, 5) is 0. The molecule has 9 heavy (non-hydrogen) atoms. The molecule has 56 valence electrons. The maximum Gasteiger partial charge on any atom is 0.00791 e. The summed E-state index contributed by atoms with van der Waals surface area (Å²) in [6, 6.07) is 0. The van der Waals surface area contributed by atoms with E-state index in [2.05, 4.69) is 32.2 Å². The third-order valence-corrected chi connectivity index (χ3v) is 2.86. The molecule has 0 fully saturated rings. The first-order valence-corrected chi connectivity index (χ1v) is 5.44. The van der Waals surface area contributed by atoms with E-state index in [4.69, 9.17) is 0 Å². The van der Waals surface area contributed by atoms with Crippen LogP contribution in [0.2, 0.25) is 0 Å². The second kappa shape index (κ2) is 7.16. The largest absolute Gasteiger partial charge is 0.179 e. The molecular weight excluding hydrogens is 168 g/mol. The molecule has 1 atom stereocenters. The number of hydrogen-bond acceptors (Lipinski definition) is 3. The molecular formula is C6H14S3. The third kappa shape index (κ3) is 9.05. The predicted octanol–water partition coefficient (Wildman–Crippen LogP) is 2.36. The molecule has 3 heteroatoms. The molecule has 0 amide bonds. The summed E-state index contributed by atoms with van der Waals surface area (Å²) in [6.45, 7) is 2.12. The fraction of sp³-hybridized carbons (Fsp3) is 1.00. The molecule has 0 aliphatic rings. The summed E-state index contributed by atoms with van der Waals surface area (Å²) in [5, 5.41) is 0.537. The zero-order valence-electron chi connectivity index (χ0n) is 5.71. The molecule has 0 saturated carbocycles. The number of hydrogen-bond donors (Lipinski definition) is 2. The molecule has 0 aliphatic heterocycles. The summed E-state index contributed by atoms with van der Waals surface area (Å²) < 4.78 is 0. The lowest BCUT2D eigenvalue weighted by Crippen LogP contribution is -1.95. The zero-order valence-corrected chi connectivity index (χ0v) is 8.31. The Bertz CT molecular complexity index is 54.3. The minimum absolute atomic E-state index is 0.537. The maximum absolute atomic E-state index is 4.26. The second-order valence-corrected chi connectivity index (χ2v) is 4.48. The Balaban J connectivity index is 2.75. The van der Waals surface area contributed by atoms with Crippen LogP contribution in [0.4, 0.5) is 0 Å². The van der Waals surface area contributed by atoms with E-state index in [1.165, 1.54) is 12.2 Å². The van der Waals surface area contributed by atoms with Crippen molar-refractivity contribution in [1.29, 1.82) is 0 Å². The third-order valence-electron chi connectivity index (χ3n) is 0.806. The van der Waals surface area contributed by atoms with Gasteiger partial charge in [0, 0.05) is 11.0 Å². The Morgan fingerprint density at radius 3 is 2.67 bits per heavy atom. The van der Waals surface area contributed by atoms with E-state index in [9.17, 15) is 0 Å². The van der Waals surface area contributed by atoms with Crippen molar-refractivity contribution in [1.82, 2.24) is 0 Å². The summed E-state index contributed by atoms with van der Waals surface area (Å²) in [6.07, 6.45) is 1.22. The Hall–Kier alpha value is 1.05. The van der Waals surface area contributed by atoms with Gasteiger partial charge in [0.25, 0.3) is 0 Å². The molecule has 0 bridgehead atoms. The fourth-order valence-electron chi connectivity index (χ4n) is 0.421. The van der Waals surface area contributed by atoms with Crippen LogP contribution in [0, 0.1) is 0 Å². The van der Waals surface area contributed by atoms with E-state index >= 15 is 0 Å². The Morgan fingerprint density at radius 1 is 1.56 bits per heavy atom. The van der Waals surface area contributed by atoms with Crippen molar-refractivity contribution in [2.24, 2.45) is 0 Å². The molecule has 0 N–H and O–H groups in total. The molecule has 0 aliphatic carbocycles. The Morgan fingerprint density at radius 2 is 2.22 bits per heavy atom. The fourth-order valence-corrected chi connectivity index (χ4v) is 1.97. The van der Waals surface area contributed by atoms with Gasteiger partial charge in [-0.3, -0.25) is 0 Å². The number of thiol groups is 2. The SMILES string of the molecule is CC(S)CSCCCS. The van der Waals surface area contributed by atoms with E-state index < -0.39 is 0 Å². The average molecular weight is 182 g/mol. The highest BCUT2D eigenvalue weighted by Gasteiger charge is 1.92. The lowest BCUT2D eigenvalue weighted by atomic mass is 10.6. The van der Waals surface area contributed by atoms with Crippen molar-refractivity contribution < 1.29 is 0 Å². The van der Waals surface area contributed by atoms with Crippen LogP contribution in [-0.4, -0.2) is 22.5 Å². The Labute approximate surface area is 73.0 Å². The summed E-state index contributed by atoms with van der Waals surface area (Å²) in [7, 11) is 0. The van der Waals surface area contributed by atoms with Gasteiger partial charge in [0.1, 0.15) is 0 Å². The van der Waals surface area contributed by atoms with Gasteiger partial charge in [0.05, 0.1) is 0 Å². The monoisotopic (exact) mass is 182 g/mol. The molecule has 0 aromatic heterocycles. The molecule has 0 radical (unpaired) electrons. The van der Waals surface area contributed by atoms with Gasteiger partial charge in [-0.1, -0.05) is 6.92 Å². The molecule has 0 spiro atoms. The molecule has 0 aromatic rings. The zero-order chi connectivity index (χ0) is 7.11. The van der Waals surface area contributed by atoms with Gasteiger partial charge in [-0.15, -0.1) is 0 Å². The first-order valence-electron chi connectivity index (χ1n) is 3.14. The lowest BCUT2D eigenvalue weighted by Gasteiger charge is -2.01. The van der Waals surface area contributed by atoms with Gasteiger partial charge in [0.15, 0.2) is 0 Å². The predicted molar refractivity (Wildman–Crippen MR) is 54.2 cm³/mol. The second-order valence-electron chi connectivity index (χ2n) is 2.00. The molecule has 0 aromatic carbocycles. The molecule has 0 heterocycles. The molecule has 0 nitrogen and oxygen atoms in total. The van der Waals surface area contributed by atoms with Crippen molar-refractivity contribution in [3.63, 3.8) is 0 Å². The first-order chi connectivity index (χ1) is 4.27. The van der Waals surface area contributed by atoms with Crippen LogP contribution >= 0.6 is 37.0 Å². The van der Waals surface area contributed by atoms with Gasteiger partial charge in [-0.05, 0) is 17.9 Å². The highest BCUT2D eigenvalue weighted by atomic mass is 32.2. The quantitative estimate of drug-likeness (QED) is 0.486. The summed E-state index contributed by atoms with van der Waals surface area (Å²) in [5.41, 5.74) is 0. The molecule has 0 rings (SSSR count). The lowest BCUT2D eigenvalue weighted by molar-refractivity contribution is 1.10. The van der Waals surface area contributed by atoms with Crippen LogP contribution in [0.15, 0.2) is 0 Å². The van der Waals surface area contributed by atoms with Gasteiger partial charge in [0.2, 0.25) is 0 Å². The molecule has 0 saturated heterocycles. The standard InChI is InChI=1S/C6H14S3/c1-6(8)5-9-4-2-3-7/h6-8H,2-5H2,1H3. The average Bonchev–Trinajstić information content (AvgIpc) is 1.80.